The third-order valence-electron chi connectivity index (χ3n) is 3.98. The van der Waals surface area contributed by atoms with Crippen molar-refractivity contribution in [3.05, 3.63) is 29.8 Å². The Morgan fingerprint density at radius 1 is 1.12 bits per heavy atom. The number of sulfonamides is 1. The van der Waals surface area contributed by atoms with Gasteiger partial charge in [0.15, 0.2) is 0 Å². The smallest absolute Gasteiger partial charge is 0.307 e. The van der Waals surface area contributed by atoms with Crippen LogP contribution < -0.4 is 10.0 Å². The van der Waals surface area contributed by atoms with Crippen molar-refractivity contribution in [1.82, 2.24) is 10.0 Å². The molecule has 0 bridgehead atoms. The van der Waals surface area contributed by atoms with Gasteiger partial charge < -0.3 is 5.32 Å². The molecule has 0 saturated carbocycles. The molecular weight excluding hydrogens is 341 g/mol. The average molecular weight is 364 g/mol. The molecule has 0 spiro atoms. The predicted molar refractivity (Wildman–Crippen MR) is 86.1 cm³/mol. The van der Waals surface area contributed by atoms with E-state index in [1.54, 1.807) is 0 Å². The number of halogens is 3. The van der Waals surface area contributed by atoms with Gasteiger partial charge in [-0.3, -0.25) is 0 Å². The topological polar surface area (TPSA) is 58.2 Å². The van der Waals surface area contributed by atoms with E-state index in [-0.39, 0.29) is 22.0 Å². The molecule has 4 nitrogen and oxygen atoms in total. The first kappa shape index (κ1) is 19.2. The van der Waals surface area contributed by atoms with Crippen molar-refractivity contribution in [2.24, 2.45) is 0 Å². The summed E-state index contributed by atoms with van der Waals surface area (Å²) in [5, 5.41) is 3.43. The van der Waals surface area contributed by atoms with Gasteiger partial charge in [-0.1, -0.05) is 6.07 Å². The van der Waals surface area contributed by atoms with Gasteiger partial charge >= 0.3 is 6.18 Å². The fraction of sp³-hybridized carbons (Fsp3) is 0.625. The molecule has 1 aromatic rings. The third-order valence-corrected chi connectivity index (χ3v) is 5.50. The zero-order chi connectivity index (χ0) is 18.4. The molecule has 2 rings (SSSR count). The van der Waals surface area contributed by atoms with Crippen LogP contribution in [0.5, 0.6) is 0 Å². The summed E-state index contributed by atoms with van der Waals surface area (Å²) in [5.41, 5.74) is -1.53. The Morgan fingerprint density at radius 3 is 2.17 bits per heavy atom. The maximum atomic E-state index is 12.8. The molecule has 0 atom stereocenters. The molecule has 1 aliphatic heterocycles. The normalized spacial score (nSPS) is 21.6. The van der Waals surface area contributed by atoms with Crippen molar-refractivity contribution in [2.45, 2.75) is 68.7 Å². The molecule has 1 aromatic carbocycles. The lowest BCUT2D eigenvalue weighted by Crippen LogP contribution is -2.62. The molecule has 0 aromatic heterocycles. The van der Waals surface area contributed by atoms with Gasteiger partial charge in [0.25, 0.3) is 0 Å². The predicted octanol–water partition coefficient (Wildman–Crippen LogP) is 3.29. The van der Waals surface area contributed by atoms with E-state index in [9.17, 15) is 21.6 Å². The van der Waals surface area contributed by atoms with Crippen LogP contribution in [0.15, 0.2) is 29.2 Å². The van der Waals surface area contributed by atoms with Crippen molar-refractivity contribution in [2.75, 3.05) is 0 Å². The van der Waals surface area contributed by atoms with E-state index in [1.165, 1.54) is 6.07 Å². The van der Waals surface area contributed by atoms with Crippen molar-refractivity contribution < 1.29 is 21.6 Å². The van der Waals surface area contributed by atoms with Gasteiger partial charge in [-0.05, 0) is 58.7 Å². The number of alkyl halides is 3. The highest BCUT2D eigenvalue weighted by Crippen LogP contribution is 2.32. The number of hydrogen-bond acceptors (Lipinski definition) is 3. The molecule has 8 heteroatoms. The summed E-state index contributed by atoms with van der Waals surface area (Å²) < 4.78 is 66.0. The number of hydrogen-bond donors (Lipinski definition) is 2. The number of rotatable bonds is 3. The van der Waals surface area contributed by atoms with Crippen LogP contribution in [-0.4, -0.2) is 25.5 Å². The van der Waals surface area contributed by atoms with E-state index in [0.717, 1.165) is 12.1 Å². The summed E-state index contributed by atoms with van der Waals surface area (Å²) in [6.45, 7) is 7.89. The number of benzene rings is 1. The first-order valence-corrected chi connectivity index (χ1v) is 9.18. The second-order valence-electron chi connectivity index (χ2n) is 7.64. The second kappa shape index (κ2) is 6.00. The van der Waals surface area contributed by atoms with E-state index in [4.69, 9.17) is 0 Å². The number of nitrogens with one attached hydrogen (secondary N) is 2. The highest BCUT2D eigenvalue weighted by atomic mass is 32.2. The quantitative estimate of drug-likeness (QED) is 0.865. The van der Waals surface area contributed by atoms with Gasteiger partial charge in [0.1, 0.15) is 0 Å². The summed E-state index contributed by atoms with van der Waals surface area (Å²) in [6, 6.07) is 3.45. The van der Waals surface area contributed by atoms with Gasteiger partial charge in [0.05, 0.1) is 10.5 Å². The first-order chi connectivity index (χ1) is 10.7. The lowest BCUT2D eigenvalue weighted by molar-refractivity contribution is -0.137. The van der Waals surface area contributed by atoms with Crippen LogP contribution in [0.25, 0.3) is 0 Å². The summed E-state index contributed by atoms with van der Waals surface area (Å²) in [6.07, 6.45) is -3.48. The Morgan fingerprint density at radius 2 is 1.67 bits per heavy atom. The SMILES string of the molecule is CC1(C)CC(NS(=O)(=O)c2cccc(C(F)(F)F)c2)CC(C)(C)N1. The van der Waals surface area contributed by atoms with Crippen LogP contribution in [0.3, 0.4) is 0 Å². The molecule has 2 N–H and O–H groups in total. The fourth-order valence-corrected chi connectivity index (χ4v) is 4.81. The molecule has 0 aliphatic carbocycles. The van der Waals surface area contributed by atoms with E-state index < -0.39 is 21.8 Å². The van der Waals surface area contributed by atoms with Crippen molar-refractivity contribution in [3.8, 4) is 0 Å². The summed E-state index contributed by atoms with van der Waals surface area (Å²) in [4.78, 5) is -0.369. The van der Waals surface area contributed by atoms with Crippen LogP contribution >= 0.6 is 0 Å². The maximum Gasteiger partial charge on any atom is 0.416 e. The molecule has 136 valence electrons. The second-order valence-corrected chi connectivity index (χ2v) is 9.36. The third kappa shape index (κ3) is 4.70. The van der Waals surface area contributed by atoms with Crippen molar-refractivity contribution in [3.63, 3.8) is 0 Å². The molecule has 1 fully saturated rings. The standard InChI is InChI=1S/C16H23F3N2O2S/c1-14(2)9-12(10-15(3,4)21-14)20-24(22,23)13-7-5-6-11(8-13)16(17,18)19/h5-8,12,20-21H,9-10H2,1-4H3. The monoisotopic (exact) mass is 364 g/mol. The Kier molecular flexibility index (Phi) is 4.80. The van der Waals surface area contributed by atoms with Crippen LogP contribution in [0.1, 0.15) is 46.1 Å². The first-order valence-electron chi connectivity index (χ1n) is 7.69. The Labute approximate surface area is 140 Å². The summed E-state index contributed by atoms with van der Waals surface area (Å²) in [5.74, 6) is 0. The van der Waals surface area contributed by atoms with E-state index >= 15 is 0 Å². The molecule has 0 radical (unpaired) electrons. The Balaban J connectivity index is 2.26. The van der Waals surface area contributed by atoms with Gasteiger partial charge in [0.2, 0.25) is 10.0 Å². The molecule has 24 heavy (non-hydrogen) atoms. The number of piperidine rings is 1. The van der Waals surface area contributed by atoms with Crippen LogP contribution in [0, 0.1) is 0 Å². The highest BCUT2D eigenvalue weighted by Gasteiger charge is 2.39. The molecule has 0 amide bonds. The van der Waals surface area contributed by atoms with E-state index in [2.05, 4.69) is 10.0 Å². The van der Waals surface area contributed by atoms with Gasteiger partial charge in [-0.15, -0.1) is 0 Å². The Bertz CT molecular complexity index is 696. The van der Waals surface area contributed by atoms with Crippen molar-refractivity contribution >= 4 is 10.0 Å². The van der Waals surface area contributed by atoms with Crippen LogP contribution in [0.4, 0.5) is 13.2 Å². The highest BCUT2D eigenvalue weighted by molar-refractivity contribution is 7.89. The lowest BCUT2D eigenvalue weighted by Gasteiger charge is -2.46. The zero-order valence-corrected chi connectivity index (χ0v) is 15.0. The van der Waals surface area contributed by atoms with E-state index in [0.29, 0.717) is 18.9 Å². The van der Waals surface area contributed by atoms with Crippen LogP contribution in [0.2, 0.25) is 0 Å². The zero-order valence-electron chi connectivity index (χ0n) is 14.2. The maximum absolute atomic E-state index is 12.8. The lowest BCUT2D eigenvalue weighted by atomic mass is 9.80. The van der Waals surface area contributed by atoms with Crippen molar-refractivity contribution in [1.29, 1.82) is 0 Å². The molecule has 1 saturated heterocycles. The van der Waals surface area contributed by atoms with Gasteiger partial charge in [-0.25, -0.2) is 13.1 Å². The minimum absolute atomic E-state index is 0.275. The fourth-order valence-electron chi connectivity index (χ4n) is 3.53. The largest absolute Gasteiger partial charge is 0.416 e. The van der Waals surface area contributed by atoms with Gasteiger partial charge in [0, 0.05) is 17.1 Å². The average Bonchev–Trinajstić information content (AvgIpc) is 2.33. The van der Waals surface area contributed by atoms with Gasteiger partial charge in [-0.2, -0.15) is 13.2 Å². The minimum Gasteiger partial charge on any atom is -0.307 e. The van der Waals surface area contributed by atoms with E-state index in [1.807, 2.05) is 27.7 Å². The summed E-state index contributed by atoms with van der Waals surface area (Å²) >= 11 is 0. The molecule has 0 unspecified atom stereocenters. The molecular formula is C16H23F3N2O2S. The Hall–Kier alpha value is -1.12. The summed E-state index contributed by atoms with van der Waals surface area (Å²) in [7, 11) is -4.02. The minimum atomic E-state index is -4.58. The molecule has 1 aliphatic rings. The van der Waals surface area contributed by atoms with Crippen LogP contribution in [-0.2, 0) is 16.2 Å². The molecule has 1 heterocycles.